The van der Waals surface area contributed by atoms with Crippen molar-refractivity contribution < 1.29 is 4.92 Å². The number of hydrogen-bond acceptors (Lipinski definition) is 2. The maximum atomic E-state index is 10.5. The predicted molar refractivity (Wildman–Crippen MR) is 47.0 cm³/mol. The molecular formula is C9H10NO2. The Morgan fingerprint density at radius 3 is 2.33 bits per heavy atom. The molecule has 0 aliphatic rings. The van der Waals surface area contributed by atoms with Crippen molar-refractivity contribution in [3.63, 3.8) is 0 Å². The smallest absolute Gasteiger partial charge is 0.258 e. The first-order valence-electron chi connectivity index (χ1n) is 3.60. The molecule has 0 aromatic heterocycles. The van der Waals surface area contributed by atoms with Gasteiger partial charge in [0.05, 0.1) is 4.92 Å². The standard InChI is InChI=1S/C9H10NO2/c1-6-4-8(3)9(10(11)12)5-7(6)2/h4-5H,3H2,1-2H3. The lowest BCUT2D eigenvalue weighted by Crippen LogP contribution is -1.93. The summed E-state index contributed by atoms with van der Waals surface area (Å²) in [6, 6.07) is 3.28. The van der Waals surface area contributed by atoms with Crippen molar-refractivity contribution in [3.05, 3.63) is 45.9 Å². The molecule has 0 atom stereocenters. The first kappa shape index (κ1) is 8.71. The minimum absolute atomic E-state index is 0.0955. The first-order valence-corrected chi connectivity index (χ1v) is 3.60. The Balaban J connectivity index is 3.33. The summed E-state index contributed by atoms with van der Waals surface area (Å²) in [5, 5.41) is 10.5. The molecule has 1 aromatic rings. The summed E-state index contributed by atoms with van der Waals surface area (Å²) < 4.78 is 0. The fraction of sp³-hybridized carbons (Fsp3) is 0.222. The quantitative estimate of drug-likeness (QED) is 0.472. The van der Waals surface area contributed by atoms with Gasteiger partial charge in [0.1, 0.15) is 0 Å². The van der Waals surface area contributed by atoms with E-state index < -0.39 is 4.92 Å². The highest BCUT2D eigenvalue weighted by Crippen LogP contribution is 2.21. The molecule has 0 unspecified atom stereocenters. The summed E-state index contributed by atoms with van der Waals surface area (Å²) in [5.74, 6) is 0. The molecule has 0 bridgehead atoms. The van der Waals surface area contributed by atoms with Crippen molar-refractivity contribution in [2.24, 2.45) is 0 Å². The molecule has 12 heavy (non-hydrogen) atoms. The first-order chi connectivity index (χ1) is 5.52. The average Bonchev–Trinajstić information content (AvgIpc) is 1.96. The molecule has 3 heteroatoms. The molecule has 0 N–H and O–H groups in total. The summed E-state index contributed by atoms with van der Waals surface area (Å²) in [7, 11) is 0. The number of nitro groups is 1. The zero-order chi connectivity index (χ0) is 9.30. The molecular weight excluding hydrogens is 154 g/mol. The topological polar surface area (TPSA) is 43.1 Å². The second-order valence-corrected chi connectivity index (χ2v) is 2.82. The Labute approximate surface area is 71.2 Å². The highest BCUT2D eigenvalue weighted by atomic mass is 16.6. The minimum Gasteiger partial charge on any atom is -0.258 e. The van der Waals surface area contributed by atoms with E-state index in [4.69, 9.17) is 0 Å². The van der Waals surface area contributed by atoms with Crippen LogP contribution in [-0.2, 0) is 0 Å². The van der Waals surface area contributed by atoms with Crippen molar-refractivity contribution in [2.75, 3.05) is 0 Å². The van der Waals surface area contributed by atoms with Crippen LogP contribution in [0.2, 0.25) is 0 Å². The van der Waals surface area contributed by atoms with Gasteiger partial charge in [-0.15, -0.1) is 0 Å². The maximum absolute atomic E-state index is 10.5. The molecule has 1 rings (SSSR count). The minimum atomic E-state index is -0.408. The number of hydrogen-bond donors (Lipinski definition) is 0. The molecule has 1 aromatic carbocycles. The van der Waals surface area contributed by atoms with E-state index in [1.54, 1.807) is 12.1 Å². The van der Waals surface area contributed by atoms with Gasteiger partial charge in [-0.1, -0.05) is 0 Å². The molecule has 0 saturated heterocycles. The highest BCUT2D eigenvalue weighted by molar-refractivity contribution is 5.47. The largest absolute Gasteiger partial charge is 0.272 e. The van der Waals surface area contributed by atoms with E-state index in [-0.39, 0.29) is 5.69 Å². The van der Waals surface area contributed by atoms with E-state index >= 15 is 0 Å². The predicted octanol–water partition coefficient (Wildman–Crippen LogP) is 2.39. The van der Waals surface area contributed by atoms with Gasteiger partial charge < -0.3 is 0 Å². The second kappa shape index (κ2) is 2.93. The number of nitrogens with zero attached hydrogens (tertiary/aromatic N) is 1. The summed E-state index contributed by atoms with van der Waals surface area (Å²) >= 11 is 0. The van der Waals surface area contributed by atoms with Crippen LogP contribution in [0.4, 0.5) is 5.69 Å². The van der Waals surface area contributed by atoms with E-state index in [1.165, 1.54) is 0 Å². The van der Waals surface area contributed by atoms with Crippen LogP contribution in [0.3, 0.4) is 0 Å². The molecule has 0 aliphatic heterocycles. The van der Waals surface area contributed by atoms with Gasteiger partial charge in [0.15, 0.2) is 0 Å². The Bertz CT molecular complexity index is 332. The summed E-state index contributed by atoms with van der Waals surface area (Å²) in [4.78, 5) is 10.0. The molecule has 0 fully saturated rings. The Morgan fingerprint density at radius 2 is 1.83 bits per heavy atom. The van der Waals surface area contributed by atoms with Crippen molar-refractivity contribution in [2.45, 2.75) is 13.8 Å². The number of aryl methyl sites for hydroxylation is 2. The Kier molecular flexibility index (Phi) is 2.13. The molecule has 1 radical (unpaired) electrons. The van der Waals surface area contributed by atoms with Crippen LogP contribution in [0.1, 0.15) is 16.7 Å². The highest BCUT2D eigenvalue weighted by Gasteiger charge is 2.10. The van der Waals surface area contributed by atoms with Crippen LogP contribution in [0.15, 0.2) is 12.1 Å². The molecule has 0 heterocycles. The van der Waals surface area contributed by atoms with Crippen molar-refractivity contribution >= 4 is 5.69 Å². The third kappa shape index (κ3) is 1.44. The van der Waals surface area contributed by atoms with E-state index in [0.29, 0.717) is 5.56 Å². The summed E-state index contributed by atoms with van der Waals surface area (Å²) in [5.41, 5.74) is 2.53. The van der Waals surface area contributed by atoms with Gasteiger partial charge in [-0.3, -0.25) is 10.1 Å². The molecule has 0 aliphatic carbocycles. The van der Waals surface area contributed by atoms with Gasteiger partial charge in [-0.25, -0.2) is 0 Å². The van der Waals surface area contributed by atoms with Crippen LogP contribution in [-0.4, -0.2) is 4.92 Å². The van der Waals surface area contributed by atoms with Gasteiger partial charge in [-0.05, 0) is 38.0 Å². The van der Waals surface area contributed by atoms with E-state index in [1.807, 2.05) is 13.8 Å². The zero-order valence-electron chi connectivity index (χ0n) is 7.13. The van der Waals surface area contributed by atoms with Crippen LogP contribution in [0.5, 0.6) is 0 Å². The van der Waals surface area contributed by atoms with Gasteiger partial charge in [0.2, 0.25) is 0 Å². The fourth-order valence-corrected chi connectivity index (χ4v) is 1.03. The fourth-order valence-electron chi connectivity index (χ4n) is 1.03. The van der Waals surface area contributed by atoms with Crippen LogP contribution >= 0.6 is 0 Å². The van der Waals surface area contributed by atoms with Crippen molar-refractivity contribution in [1.82, 2.24) is 0 Å². The van der Waals surface area contributed by atoms with E-state index in [2.05, 4.69) is 6.92 Å². The SMILES string of the molecule is [CH2]c1cc(C)c(C)cc1[N+](=O)[O-]. The monoisotopic (exact) mass is 164 g/mol. The van der Waals surface area contributed by atoms with Gasteiger partial charge in [-0.2, -0.15) is 0 Å². The Morgan fingerprint density at radius 1 is 1.33 bits per heavy atom. The van der Waals surface area contributed by atoms with Gasteiger partial charge >= 0.3 is 0 Å². The lowest BCUT2D eigenvalue weighted by atomic mass is 10.1. The Hall–Kier alpha value is -1.38. The third-order valence-electron chi connectivity index (χ3n) is 1.89. The molecule has 3 nitrogen and oxygen atoms in total. The number of rotatable bonds is 1. The number of nitro benzene ring substituents is 1. The van der Waals surface area contributed by atoms with E-state index in [9.17, 15) is 10.1 Å². The third-order valence-corrected chi connectivity index (χ3v) is 1.89. The molecule has 63 valence electrons. The molecule has 0 spiro atoms. The number of benzene rings is 1. The van der Waals surface area contributed by atoms with Crippen LogP contribution in [0, 0.1) is 30.9 Å². The normalized spacial score (nSPS) is 9.92. The van der Waals surface area contributed by atoms with Gasteiger partial charge in [0.25, 0.3) is 5.69 Å². The molecule has 0 amide bonds. The lowest BCUT2D eigenvalue weighted by Gasteiger charge is -2.01. The second-order valence-electron chi connectivity index (χ2n) is 2.82. The molecule has 0 saturated carbocycles. The average molecular weight is 164 g/mol. The summed E-state index contributed by atoms with van der Waals surface area (Å²) in [6.07, 6.45) is 0. The van der Waals surface area contributed by atoms with E-state index in [0.717, 1.165) is 11.1 Å². The zero-order valence-corrected chi connectivity index (χ0v) is 7.13. The van der Waals surface area contributed by atoms with Crippen molar-refractivity contribution in [3.8, 4) is 0 Å². The van der Waals surface area contributed by atoms with Crippen molar-refractivity contribution in [1.29, 1.82) is 0 Å². The maximum Gasteiger partial charge on any atom is 0.272 e. The van der Waals surface area contributed by atoms with Gasteiger partial charge in [0, 0.05) is 11.6 Å². The van der Waals surface area contributed by atoms with Crippen LogP contribution < -0.4 is 0 Å². The summed E-state index contributed by atoms with van der Waals surface area (Å²) in [6.45, 7) is 7.36. The lowest BCUT2D eigenvalue weighted by molar-refractivity contribution is -0.385. The van der Waals surface area contributed by atoms with Crippen LogP contribution in [0.25, 0.3) is 0 Å².